The van der Waals surface area contributed by atoms with E-state index in [9.17, 15) is 24.9 Å². The highest BCUT2D eigenvalue weighted by Gasteiger charge is 2.27. The second-order valence-electron chi connectivity index (χ2n) is 5.46. The van der Waals surface area contributed by atoms with Crippen LogP contribution in [0.3, 0.4) is 0 Å². The summed E-state index contributed by atoms with van der Waals surface area (Å²) in [7, 11) is 2.37. The molecule has 7 nitrogen and oxygen atoms in total. The molecule has 0 aliphatic carbocycles. The molecule has 0 spiro atoms. The van der Waals surface area contributed by atoms with Gasteiger partial charge < -0.3 is 24.8 Å². The van der Waals surface area contributed by atoms with Crippen molar-refractivity contribution in [3.63, 3.8) is 0 Å². The van der Waals surface area contributed by atoms with Crippen LogP contribution in [0.25, 0.3) is 0 Å². The molecule has 2 atom stereocenters. The fraction of sp³-hybridized carbons (Fsp3) is 0.222. The molecule has 0 saturated carbocycles. The molecule has 8 heteroatoms. The summed E-state index contributed by atoms with van der Waals surface area (Å²) in [5.74, 6) is -1.42. The van der Waals surface area contributed by atoms with Crippen molar-refractivity contribution in [1.29, 1.82) is 0 Å². The van der Waals surface area contributed by atoms with Crippen LogP contribution in [0, 0.1) is 0 Å². The highest BCUT2D eigenvalue weighted by molar-refractivity contribution is 7.60. The summed E-state index contributed by atoms with van der Waals surface area (Å²) < 4.78 is 10.4. The van der Waals surface area contributed by atoms with Gasteiger partial charge in [0.05, 0.1) is 14.2 Å². The molecule has 2 rings (SSSR count). The van der Waals surface area contributed by atoms with E-state index in [4.69, 9.17) is 9.47 Å². The van der Waals surface area contributed by atoms with Gasteiger partial charge in [0.1, 0.15) is 39.9 Å². The molecule has 0 bridgehead atoms. The summed E-state index contributed by atoms with van der Waals surface area (Å²) in [6.07, 6.45) is 0. The first-order chi connectivity index (χ1) is 12.3. The quantitative estimate of drug-likeness (QED) is 0.501. The van der Waals surface area contributed by atoms with E-state index in [1.165, 1.54) is 21.1 Å². The Hall–Kier alpha value is -2.79. The van der Waals surface area contributed by atoms with Crippen molar-refractivity contribution in [1.82, 2.24) is 0 Å². The lowest BCUT2D eigenvalue weighted by Gasteiger charge is -2.15. The van der Waals surface area contributed by atoms with Crippen LogP contribution in [-0.2, 0) is 0 Å². The molecule has 0 fully saturated rings. The predicted octanol–water partition coefficient (Wildman–Crippen LogP) is 2.91. The van der Waals surface area contributed by atoms with Crippen molar-refractivity contribution in [3.05, 3.63) is 41.5 Å². The number of hydrogen-bond acceptors (Lipinski definition) is 7. The van der Waals surface area contributed by atoms with E-state index >= 15 is 0 Å². The number of methoxy groups -OCH3 is 2. The minimum absolute atomic E-state index is 0.231. The molecule has 26 heavy (non-hydrogen) atoms. The minimum Gasteiger partial charge on any atom is -0.508 e. The van der Waals surface area contributed by atoms with Crippen LogP contribution in [-0.4, -0.2) is 46.5 Å². The molecule has 0 radical (unpaired) electrons. The zero-order valence-corrected chi connectivity index (χ0v) is 15.4. The molecule has 3 N–H and O–H groups in total. The van der Waals surface area contributed by atoms with Gasteiger partial charge in [0, 0.05) is 17.8 Å². The molecular formula is C18H19O7P. The summed E-state index contributed by atoms with van der Waals surface area (Å²) in [6, 6.07) is 6.81. The summed E-state index contributed by atoms with van der Waals surface area (Å²) >= 11 is 0. The number of benzene rings is 2. The van der Waals surface area contributed by atoms with Crippen LogP contribution in [0.4, 0.5) is 0 Å². The maximum absolute atomic E-state index is 12.7. The maximum atomic E-state index is 12.7. The van der Waals surface area contributed by atoms with E-state index < -0.39 is 31.5 Å². The molecule has 0 aromatic heterocycles. The lowest BCUT2D eigenvalue weighted by molar-refractivity contribution is 0.0980. The molecule has 0 amide bonds. The molecular weight excluding hydrogens is 359 g/mol. The monoisotopic (exact) mass is 378 g/mol. The Morgan fingerprint density at radius 3 is 1.92 bits per heavy atom. The first-order valence-corrected chi connectivity index (χ1v) is 8.68. The molecule has 2 unspecified atom stereocenters. The van der Waals surface area contributed by atoms with Gasteiger partial charge >= 0.3 is 0 Å². The van der Waals surface area contributed by atoms with E-state index in [0.717, 1.165) is 12.1 Å². The summed E-state index contributed by atoms with van der Waals surface area (Å²) in [5, 5.41) is 29.0. The number of hydrogen-bond donors (Lipinski definition) is 3. The number of phenols is 3. The summed E-state index contributed by atoms with van der Waals surface area (Å²) in [4.78, 5) is 25.3. The van der Waals surface area contributed by atoms with E-state index in [1.54, 1.807) is 18.2 Å². The number of Topliss-reactive ketones (excluding diaryl/α,β-unsaturated/α-hetero) is 1. The van der Waals surface area contributed by atoms with Crippen molar-refractivity contribution in [2.24, 2.45) is 0 Å². The normalized spacial score (nSPS) is 12.1. The smallest absolute Gasteiger partial charge is 0.189 e. The van der Waals surface area contributed by atoms with Crippen molar-refractivity contribution >= 4 is 19.9 Å². The van der Waals surface area contributed by atoms with Gasteiger partial charge in [-0.3, -0.25) is 9.59 Å². The lowest BCUT2D eigenvalue weighted by Crippen LogP contribution is -2.15. The average Bonchev–Trinajstić information content (AvgIpc) is 2.59. The van der Waals surface area contributed by atoms with Gasteiger partial charge in [-0.25, -0.2) is 0 Å². The van der Waals surface area contributed by atoms with Crippen LogP contribution in [0.1, 0.15) is 27.6 Å². The number of ether oxygens (including phenoxy) is 2. The minimum atomic E-state index is -0.807. The van der Waals surface area contributed by atoms with Gasteiger partial charge in [-0.2, -0.15) is 0 Å². The van der Waals surface area contributed by atoms with E-state index in [2.05, 4.69) is 0 Å². The van der Waals surface area contributed by atoms with E-state index in [-0.39, 0.29) is 22.4 Å². The maximum Gasteiger partial charge on any atom is 0.189 e. The zero-order chi connectivity index (χ0) is 19.4. The third-order valence-electron chi connectivity index (χ3n) is 3.72. The Balaban J connectivity index is 2.29. The Bertz CT molecular complexity index is 802. The van der Waals surface area contributed by atoms with Gasteiger partial charge in [-0.1, -0.05) is 13.0 Å². The van der Waals surface area contributed by atoms with Gasteiger partial charge in [-0.05, 0) is 20.7 Å². The highest BCUT2D eigenvalue weighted by Crippen LogP contribution is 2.39. The first-order valence-electron chi connectivity index (χ1n) is 7.61. The topological polar surface area (TPSA) is 113 Å². The summed E-state index contributed by atoms with van der Waals surface area (Å²) in [6.45, 7) is 1.52. The number of carbonyl (C=O) groups is 2. The van der Waals surface area contributed by atoms with Gasteiger partial charge in [0.25, 0.3) is 0 Å². The molecule has 0 aliphatic heterocycles. The molecule has 0 heterocycles. The van der Waals surface area contributed by atoms with Crippen molar-refractivity contribution in [2.75, 3.05) is 14.2 Å². The van der Waals surface area contributed by atoms with Crippen LogP contribution in [0.15, 0.2) is 30.3 Å². The third kappa shape index (κ3) is 3.89. The molecule has 138 valence electrons. The van der Waals surface area contributed by atoms with Crippen LogP contribution in [0.2, 0.25) is 0 Å². The Morgan fingerprint density at radius 1 is 0.962 bits per heavy atom. The number of phenolic OH excluding ortho intramolecular Hbond substituents is 3. The predicted molar refractivity (Wildman–Crippen MR) is 97.4 cm³/mol. The fourth-order valence-corrected chi connectivity index (χ4v) is 3.54. The van der Waals surface area contributed by atoms with Crippen LogP contribution in [0.5, 0.6) is 28.7 Å². The Kier molecular flexibility index (Phi) is 6.05. The van der Waals surface area contributed by atoms with Gasteiger partial charge in [0.2, 0.25) is 0 Å². The van der Waals surface area contributed by atoms with Crippen LogP contribution >= 0.6 is 8.58 Å². The first kappa shape index (κ1) is 19.5. The second-order valence-corrected chi connectivity index (χ2v) is 7.06. The molecule has 2 aromatic rings. The fourth-order valence-electron chi connectivity index (χ4n) is 2.48. The number of carbonyl (C=O) groups excluding carboxylic acids is 2. The summed E-state index contributed by atoms with van der Waals surface area (Å²) in [5.41, 5.74) is -1.26. The highest BCUT2D eigenvalue weighted by atomic mass is 31.1. The number of rotatable bonds is 7. The zero-order valence-electron chi connectivity index (χ0n) is 14.4. The number of aromatic hydroxyl groups is 3. The number of ketones is 1. The van der Waals surface area contributed by atoms with Crippen LogP contribution < -0.4 is 9.47 Å². The van der Waals surface area contributed by atoms with Gasteiger partial charge in [0.15, 0.2) is 11.3 Å². The van der Waals surface area contributed by atoms with Gasteiger partial charge in [-0.15, -0.1) is 0 Å². The SMILES string of the molecule is COc1cccc(OC)c1C(=O)PC(C)C(=O)c1c(O)cc(O)cc1O. The molecule has 2 aromatic carbocycles. The molecule has 0 aliphatic rings. The van der Waals surface area contributed by atoms with Crippen molar-refractivity contribution in [3.8, 4) is 28.7 Å². The lowest BCUT2D eigenvalue weighted by atomic mass is 10.1. The Morgan fingerprint density at radius 2 is 1.46 bits per heavy atom. The van der Waals surface area contributed by atoms with E-state index in [0.29, 0.717) is 11.5 Å². The van der Waals surface area contributed by atoms with E-state index in [1.807, 2.05) is 0 Å². The Labute approximate surface area is 152 Å². The second kappa shape index (κ2) is 8.06. The third-order valence-corrected chi connectivity index (χ3v) is 4.93. The standard InChI is InChI=1S/C18H19O7P/c1-9(17(22)15-11(20)7-10(19)8-12(15)21)26-18(23)16-13(24-2)5-4-6-14(16)25-3/h4-9,19-21,26H,1-3H3. The molecule has 0 saturated heterocycles. The van der Waals surface area contributed by atoms with Crippen molar-refractivity contribution in [2.45, 2.75) is 12.6 Å². The largest absolute Gasteiger partial charge is 0.508 e. The van der Waals surface area contributed by atoms with Crippen molar-refractivity contribution < 1.29 is 34.4 Å². The average molecular weight is 378 g/mol.